The largest absolute Gasteiger partial charge is 0.354 e. The van der Waals surface area contributed by atoms with Gasteiger partial charge in [-0.15, -0.1) is 11.3 Å². The molecule has 0 saturated heterocycles. The van der Waals surface area contributed by atoms with E-state index >= 15 is 0 Å². The summed E-state index contributed by atoms with van der Waals surface area (Å²) >= 11 is 1.68. The lowest BCUT2D eigenvalue weighted by molar-refractivity contribution is -0.127. The summed E-state index contributed by atoms with van der Waals surface area (Å²) in [5.74, 6) is -0.218. The highest BCUT2D eigenvalue weighted by molar-refractivity contribution is 7.10. The second-order valence-corrected chi connectivity index (χ2v) is 6.23. The molecule has 0 aliphatic rings. The van der Waals surface area contributed by atoms with Gasteiger partial charge in [-0.05, 0) is 25.3 Å². The Morgan fingerprint density at radius 2 is 2.12 bits per heavy atom. The summed E-state index contributed by atoms with van der Waals surface area (Å²) in [5.41, 5.74) is -1.07. The highest BCUT2D eigenvalue weighted by Gasteiger charge is 2.29. The molecule has 0 unspecified atom stereocenters. The molecule has 1 aromatic rings. The van der Waals surface area contributed by atoms with Crippen LogP contribution in [0.15, 0.2) is 17.5 Å². The summed E-state index contributed by atoms with van der Waals surface area (Å²) in [4.78, 5) is 13.0. The van der Waals surface area contributed by atoms with E-state index in [2.05, 4.69) is 25.2 Å². The molecule has 1 rings (SSSR count). The van der Waals surface area contributed by atoms with Gasteiger partial charge in [-0.2, -0.15) is 5.26 Å². The number of thiophene rings is 1. The van der Waals surface area contributed by atoms with Crippen molar-refractivity contribution in [3.63, 3.8) is 0 Å². The number of nitrogens with one attached hydrogen (secondary N) is 1. The first-order valence-corrected chi connectivity index (χ1v) is 6.41. The van der Waals surface area contributed by atoms with Gasteiger partial charge in [0, 0.05) is 16.8 Å². The molecule has 92 valence electrons. The van der Waals surface area contributed by atoms with Crippen LogP contribution in [0.1, 0.15) is 32.6 Å². The Kier molecular flexibility index (Phi) is 3.94. The van der Waals surface area contributed by atoms with Crippen LogP contribution in [0.5, 0.6) is 0 Å². The van der Waals surface area contributed by atoms with Crippen molar-refractivity contribution in [1.29, 1.82) is 5.26 Å². The van der Waals surface area contributed by atoms with Crippen molar-refractivity contribution in [3.05, 3.63) is 22.4 Å². The molecule has 3 nitrogen and oxygen atoms in total. The average Bonchev–Trinajstić information content (AvgIpc) is 2.80. The zero-order chi connectivity index (χ0) is 13.1. The van der Waals surface area contributed by atoms with Crippen LogP contribution < -0.4 is 5.32 Å². The summed E-state index contributed by atoms with van der Waals surface area (Å²) in [6, 6.07) is 6.07. The van der Waals surface area contributed by atoms with Crippen LogP contribution >= 0.6 is 11.3 Å². The number of amides is 1. The van der Waals surface area contributed by atoms with Crippen LogP contribution in [0.25, 0.3) is 0 Å². The van der Waals surface area contributed by atoms with Gasteiger partial charge in [0.15, 0.2) is 0 Å². The van der Waals surface area contributed by atoms with Gasteiger partial charge in [0.1, 0.15) is 5.41 Å². The molecule has 1 aromatic heterocycles. The lowest BCUT2D eigenvalue weighted by atomic mass is 9.89. The standard InChI is InChI=1S/C13H18N2OS/c1-12(2,8-14)11(16)15-9-13(3,4)10-6-5-7-17-10/h5-7H,9H2,1-4H3,(H,15,16). The van der Waals surface area contributed by atoms with Gasteiger partial charge in [-0.25, -0.2) is 0 Å². The minimum absolute atomic E-state index is 0.102. The van der Waals surface area contributed by atoms with Crippen molar-refractivity contribution < 1.29 is 4.79 Å². The zero-order valence-electron chi connectivity index (χ0n) is 10.7. The van der Waals surface area contributed by atoms with Crippen molar-refractivity contribution in [3.8, 4) is 6.07 Å². The average molecular weight is 250 g/mol. The van der Waals surface area contributed by atoms with Gasteiger partial charge >= 0.3 is 0 Å². The summed E-state index contributed by atoms with van der Waals surface area (Å²) < 4.78 is 0. The first-order valence-electron chi connectivity index (χ1n) is 5.53. The smallest absolute Gasteiger partial charge is 0.239 e. The van der Waals surface area contributed by atoms with Crippen molar-refractivity contribution in [1.82, 2.24) is 5.32 Å². The second kappa shape index (κ2) is 4.89. The van der Waals surface area contributed by atoms with Crippen LogP contribution in [0.4, 0.5) is 0 Å². The molecule has 0 spiro atoms. The lowest BCUT2D eigenvalue weighted by Crippen LogP contribution is -2.42. The van der Waals surface area contributed by atoms with Crippen LogP contribution in [-0.2, 0) is 10.2 Å². The maximum Gasteiger partial charge on any atom is 0.239 e. The fraction of sp³-hybridized carbons (Fsp3) is 0.538. The fourth-order valence-corrected chi connectivity index (χ4v) is 2.18. The number of rotatable bonds is 4. The van der Waals surface area contributed by atoms with Crippen molar-refractivity contribution in [2.24, 2.45) is 5.41 Å². The summed E-state index contributed by atoms with van der Waals surface area (Å²) in [6.45, 7) is 7.95. The van der Waals surface area contributed by atoms with Crippen LogP contribution in [0, 0.1) is 16.7 Å². The number of hydrogen-bond acceptors (Lipinski definition) is 3. The van der Waals surface area contributed by atoms with E-state index in [1.807, 2.05) is 17.5 Å². The molecular formula is C13H18N2OS. The Bertz CT molecular complexity index is 427. The number of nitriles is 1. The van der Waals surface area contributed by atoms with Crippen molar-refractivity contribution >= 4 is 17.2 Å². The zero-order valence-corrected chi connectivity index (χ0v) is 11.5. The predicted octanol–water partition coefficient (Wildman–Crippen LogP) is 2.69. The van der Waals surface area contributed by atoms with E-state index in [4.69, 9.17) is 5.26 Å². The third-order valence-electron chi connectivity index (χ3n) is 2.73. The molecule has 17 heavy (non-hydrogen) atoms. The number of carbonyl (C=O) groups excluding carboxylic acids is 1. The van der Waals surface area contributed by atoms with Gasteiger partial charge in [0.05, 0.1) is 6.07 Å². The molecule has 0 aliphatic heterocycles. The molecule has 0 saturated carbocycles. The minimum Gasteiger partial charge on any atom is -0.354 e. The SMILES string of the molecule is CC(C)(C#N)C(=O)NCC(C)(C)c1cccs1. The van der Waals surface area contributed by atoms with E-state index in [9.17, 15) is 4.79 Å². The summed E-state index contributed by atoms with van der Waals surface area (Å²) in [7, 11) is 0. The minimum atomic E-state index is -0.967. The molecule has 1 heterocycles. The topological polar surface area (TPSA) is 52.9 Å². The van der Waals surface area contributed by atoms with Crippen LogP contribution in [-0.4, -0.2) is 12.5 Å². The Hall–Kier alpha value is -1.34. The molecule has 0 aliphatic carbocycles. The quantitative estimate of drug-likeness (QED) is 0.893. The lowest BCUT2D eigenvalue weighted by Gasteiger charge is -2.25. The molecule has 0 fully saturated rings. The van der Waals surface area contributed by atoms with E-state index in [0.717, 1.165) is 0 Å². The van der Waals surface area contributed by atoms with Crippen LogP contribution in [0.2, 0.25) is 0 Å². The molecule has 0 radical (unpaired) electrons. The molecule has 4 heteroatoms. The second-order valence-electron chi connectivity index (χ2n) is 5.28. The van der Waals surface area contributed by atoms with Gasteiger partial charge in [0.2, 0.25) is 5.91 Å². The van der Waals surface area contributed by atoms with Gasteiger partial charge in [0.25, 0.3) is 0 Å². The van der Waals surface area contributed by atoms with Crippen molar-refractivity contribution in [2.45, 2.75) is 33.1 Å². The Labute approximate surface area is 106 Å². The first-order chi connectivity index (χ1) is 7.79. The third-order valence-corrected chi connectivity index (χ3v) is 3.96. The predicted molar refractivity (Wildman–Crippen MR) is 69.7 cm³/mol. The van der Waals surface area contributed by atoms with E-state index < -0.39 is 5.41 Å². The molecular weight excluding hydrogens is 232 g/mol. The Morgan fingerprint density at radius 1 is 1.47 bits per heavy atom. The van der Waals surface area contributed by atoms with Crippen molar-refractivity contribution in [2.75, 3.05) is 6.54 Å². The Morgan fingerprint density at radius 3 is 2.59 bits per heavy atom. The van der Waals surface area contributed by atoms with E-state index in [1.165, 1.54) is 4.88 Å². The van der Waals surface area contributed by atoms with Gasteiger partial charge < -0.3 is 5.32 Å². The van der Waals surface area contributed by atoms with Gasteiger partial charge in [-0.3, -0.25) is 4.79 Å². The molecule has 0 bridgehead atoms. The number of hydrogen-bond donors (Lipinski definition) is 1. The Balaban J connectivity index is 2.64. The van der Waals surface area contributed by atoms with E-state index in [1.54, 1.807) is 25.2 Å². The highest BCUT2D eigenvalue weighted by Crippen LogP contribution is 2.27. The van der Waals surface area contributed by atoms with Crippen LogP contribution in [0.3, 0.4) is 0 Å². The van der Waals surface area contributed by atoms with Gasteiger partial charge in [-0.1, -0.05) is 19.9 Å². The molecule has 0 atom stereocenters. The third kappa shape index (κ3) is 3.31. The number of nitrogens with zero attached hydrogens (tertiary/aromatic N) is 1. The molecule has 0 aromatic carbocycles. The highest BCUT2D eigenvalue weighted by atomic mass is 32.1. The van der Waals surface area contributed by atoms with E-state index in [0.29, 0.717) is 6.54 Å². The maximum atomic E-state index is 11.8. The summed E-state index contributed by atoms with van der Waals surface area (Å²) in [6.07, 6.45) is 0. The van der Waals surface area contributed by atoms with E-state index in [-0.39, 0.29) is 11.3 Å². The summed E-state index contributed by atoms with van der Waals surface area (Å²) in [5, 5.41) is 13.7. The maximum absolute atomic E-state index is 11.8. The normalized spacial score (nSPS) is 11.9. The number of carbonyl (C=O) groups is 1. The fourth-order valence-electron chi connectivity index (χ4n) is 1.32. The molecule has 1 N–H and O–H groups in total. The monoisotopic (exact) mass is 250 g/mol. The molecule has 1 amide bonds. The first kappa shape index (κ1) is 13.7.